The molecule has 0 aliphatic heterocycles. The number of hydrogen-bond donors (Lipinski definition) is 0. The van der Waals surface area contributed by atoms with Crippen molar-refractivity contribution in [2.45, 2.75) is 11.9 Å². The van der Waals surface area contributed by atoms with Gasteiger partial charge in [-0.3, -0.25) is 4.98 Å². The van der Waals surface area contributed by atoms with E-state index in [9.17, 15) is 8.42 Å². The minimum Gasteiger partial charge on any atom is -0.257 e. The van der Waals surface area contributed by atoms with E-state index >= 15 is 0 Å². The maximum absolute atomic E-state index is 11.0. The van der Waals surface area contributed by atoms with Gasteiger partial charge in [-0.1, -0.05) is 0 Å². The molecule has 4 nitrogen and oxygen atoms in total. The largest absolute Gasteiger partial charge is 0.257 e. The molecular weight excluding hydrogens is 164 g/mol. The van der Waals surface area contributed by atoms with Gasteiger partial charge in [-0.2, -0.15) is 0 Å². The molecule has 1 aromatic heterocycles. The van der Waals surface area contributed by atoms with Crippen molar-refractivity contribution in [3.63, 3.8) is 0 Å². The maximum Gasteiger partial charge on any atom is 0.194 e. The third-order valence-corrected chi connectivity index (χ3v) is 2.29. The smallest absolute Gasteiger partial charge is 0.194 e. The zero-order valence-electron chi connectivity index (χ0n) is 6.27. The number of rotatable bonds is 1. The van der Waals surface area contributed by atoms with Crippen LogP contribution in [0.2, 0.25) is 0 Å². The molecule has 0 radical (unpaired) electrons. The predicted octanol–water partition coefficient (Wildman–Crippen LogP) is 0.189. The van der Waals surface area contributed by atoms with E-state index in [0.29, 0.717) is 5.69 Å². The number of aryl methyl sites for hydroxylation is 1. The van der Waals surface area contributed by atoms with Crippen LogP contribution in [0.4, 0.5) is 0 Å². The Hall–Kier alpha value is -0.970. The zero-order valence-corrected chi connectivity index (χ0v) is 7.09. The summed E-state index contributed by atoms with van der Waals surface area (Å²) in [5, 5.41) is 0.0556. The lowest BCUT2D eigenvalue weighted by Gasteiger charge is -1.98. The molecule has 0 aliphatic carbocycles. The second-order valence-corrected chi connectivity index (χ2v) is 4.15. The van der Waals surface area contributed by atoms with Gasteiger partial charge >= 0.3 is 0 Å². The van der Waals surface area contributed by atoms with Gasteiger partial charge in [0.2, 0.25) is 0 Å². The molecule has 0 amide bonds. The summed E-state index contributed by atoms with van der Waals surface area (Å²) in [5.41, 5.74) is 0.440. The van der Waals surface area contributed by atoms with Crippen molar-refractivity contribution in [3.05, 3.63) is 18.1 Å². The molecule has 0 spiro atoms. The first-order chi connectivity index (χ1) is 5.02. The van der Waals surface area contributed by atoms with E-state index in [4.69, 9.17) is 0 Å². The van der Waals surface area contributed by atoms with Crippen molar-refractivity contribution in [2.75, 3.05) is 6.26 Å². The first kappa shape index (κ1) is 8.13. The van der Waals surface area contributed by atoms with Crippen LogP contribution in [0.1, 0.15) is 5.69 Å². The normalized spacial score (nSPS) is 11.5. The van der Waals surface area contributed by atoms with Crippen LogP contribution in [0.5, 0.6) is 0 Å². The highest BCUT2D eigenvalue weighted by atomic mass is 32.2. The molecule has 0 unspecified atom stereocenters. The summed E-state index contributed by atoms with van der Waals surface area (Å²) in [6.07, 6.45) is 3.94. The van der Waals surface area contributed by atoms with Gasteiger partial charge in [0.15, 0.2) is 14.9 Å². The fourth-order valence-electron chi connectivity index (χ4n) is 0.759. The molecule has 0 aliphatic rings. The summed E-state index contributed by atoms with van der Waals surface area (Å²) in [7, 11) is -3.21. The average molecular weight is 172 g/mol. The Kier molecular flexibility index (Phi) is 1.90. The maximum atomic E-state index is 11.0. The summed E-state index contributed by atoms with van der Waals surface area (Å²) in [5.74, 6) is 0. The molecule has 0 bridgehead atoms. The van der Waals surface area contributed by atoms with Crippen LogP contribution in [0.3, 0.4) is 0 Å². The van der Waals surface area contributed by atoms with E-state index in [1.807, 2.05) is 0 Å². The van der Waals surface area contributed by atoms with E-state index in [1.165, 1.54) is 12.4 Å². The Balaban J connectivity index is 3.37. The summed E-state index contributed by atoms with van der Waals surface area (Å²) in [6, 6.07) is 0. The number of aromatic nitrogens is 2. The minimum absolute atomic E-state index is 0.0556. The van der Waals surface area contributed by atoms with Crippen molar-refractivity contribution in [2.24, 2.45) is 0 Å². The molecule has 11 heavy (non-hydrogen) atoms. The second kappa shape index (κ2) is 2.58. The molecule has 60 valence electrons. The molecule has 1 aromatic rings. The predicted molar refractivity (Wildman–Crippen MR) is 39.9 cm³/mol. The Morgan fingerprint density at radius 3 is 2.18 bits per heavy atom. The summed E-state index contributed by atoms with van der Waals surface area (Å²) in [4.78, 5) is 7.50. The van der Waals surface area contributed by atoms with Gasteiger partial charge in [0, 0.05) is 18.6 Å². The molecule has 0 saturated heterocycles. The standard InChI is InChI=1S/C6H8N2O2S/c1-5-6(11(2,9)10)8-4-3-7-5/h3-4H,1-2H3. The van der Waals surface area contributed by atoms with E-state index in [2.05, 4.69) is 9.97 Å². The van der Waals surface area contributed by atoms with Gasteiger partial charge in [-0.15, -0.1) is 0 Å². The van der Waals surface area contributed by atoms with E-state index in [1.54, 1.807) is 6.92 Å². The van der Waals surface area contributed by atoms with Crippen LogP contribution in [-0.2, 0) is 9.84 Å². The summed E-state index contributed by atoms with van der Waals surface area (Å²) >= 11 is 0. The molecule has 0 N–H and O–H groups in total. The van der Waals surface area contributed by atoms with Gasteiger partial charge in [0.05, 0.1) is 5.69 Å². The molecule has 1 heterocycles. The lowest BCUT2D eigenvalue weighted by Crippen LogP contribution is -2.03. The van der Waals surface area contributed by atoms with Crippen molar-refractivity contribution in [1.82, 2.24) is 9.97 Å². The highest BCUT2D eigenvalue weighted by Crippen LogP contribution is 2.06. The van der Waals surface area contributed by atoms with Gasteiger partial charge in [-0.25, -0.2) is 13.4 Å². The van der Waals surface area contributed by atoms with Crippen LogP contribution < -0.4 is 0 Å². The van der Waals surface area contributed by atoms with Crippen molar-refractivity contribution >= 4 is 9.84 Å². The minimum atomic E-state index is -3.21. The topological polar surface area (TPSA) is 59.9 Å². The van der Waals surface area contributed by atoms with Crippen molar-refractivity contribution in [1.29, 1.82) is 0 Å². The van der Waals surface area contributed by atoms with E-state index < -0.39 is 9.84 Å². The second-order valence-electron chi connectivity index (χ2n) is 2.22. The Morgan fingerprint density at radius 1 is 1.27 bits per heavy atom. The number of nitrogens with zero attached hydrogens (tertiary/aromatic N) is 2. The van der Waals surface area contributed by atoms with Crippen molar-refractivity contribution in [3.8, 4) is 0 Å². The molecule has 1 rings (SSSR count). The Labute approximate surface area is 65.2 Å². The first-order valence-electron chi connectivity index (χ1n) is 2.99. The third kappa shape index (κ3) is 1.74. The van der Waals surface area contributed by atoms with Gasteiger partial charge in [0.1, 0.15) is 0 Å². The SMILES string of the molecule is Cc1nccnc1S(C)(=O)=O. The average Bonchev–Trinajstić information content (AvgIpc) is 1.86. The molecular formula is C6H8N2O2S. The molecule has 0 aromatic carbocycles. The highest BCUT2D eigenvalue weighted by Gasteiger charge is 2.11. The first-order valence-corrected chi connectivity index (χ1v) is 4.88. The lowest BCUT2D eigenvalue weighted by atomic mass is 10.5. The monoisotopic (exact) mass is 172 g/mol. The van der Waals surface area contributed by atoms with Crippen molar-refractivity contribution < 1.29 is 8.42 Å². The third-order valence-electron chi connectivity index (χ3n) is 1.19. The van der Waals surface area contributed by atoms with E-state index in [0.717, 1.165) is 6.26 Å². The van der Waals surface area contributed by atoms with Gasteiger partial charge < -0.3 is 0 Å². The fraction of sp³-hybridized carbons (Fsp3) is 0.333. The number of sulfone groups is 1. The summed E-state index contributed by atoms with van der Waals surface area (Å²) in [6.45, 7) is 1.61. The van der Waals surface area contributed by atoms with Crippen LogP contribution in [0.25, 0.3) is 0 Å². The van der Waals surface area contributed by atoms with Gasteiger partial charge in [0.25, 0.3) is 0 Å². The summed E-state index contributed by atoms with van der Waals surface area (Å²) < 4.78 is 21.9. The fourth-order valence-corrected chi connectivity index (χ4v) is 1.60. The Morgan fingerprint density at radius 2 is 1.82 bits per heavy atom. The quantitative estimate of drug-likeness (QED) is 0.606. The van der Waals surface area contributed by atoms with Crippen LogP contribution in [0, 0.1) is 6.92 Å². The Bertz CT molecular complexity index is 359. The van der Waals surface area contributed by atoms with Crippen LogP contribution >= 0.6 is 0 Å². The molecule has 0 saturated carbocycles. The molecule has 0 atom stereocenters. The van der Waals surface area contributed by atoms with Crippen LogP contribution in [0.15, 0.2) is 17.4 Å². The van der Waals surface area contributed by atoms with E-state index in [-0.39, 0.29) is 5.03 Å². The highest BCUT2D eigenvalue weighted by molar-refractivity contribution is 7.90. The zero-order chi connectivity index (χ0) is 8.48. The lowest BCUT2D eigenvalue weighted by molar-refractivity contribution is 0.596. The van der Waals surface area contributed by atoms with Crippen LogP contribution in [-0.4, -0.2) is 24.6 Å². The molecule has 5 heteroatoms. The van der Waals surface area contributed by atoms with Gasteiger partial charge in [-0.05, 0) is 6.92 Å². The molecule has 0 fully saturated rings. The number of hydrogen-bond acceptors (Lipinski definition) is 4.